The zero-order valence-electron chi connectivity index (χ0n) is 11.2. The molecule has 2 aromatic heterocycles. The van der Waals surface area contributed by atoms with Crippen molar-refractivity contribution in [3.63, 3.8) is 0 Å². The highest BCUT2D eigenvalue weighted by molar-refractivity contribution is 5.38. The number of hydrogen-bond acceptors (Lipinski definition) is 5. The molecular weight excluding hydrogens is 245 g/mol. The van der Waals surface area contributed by atoms with Crippen molar-refractivity contribution >= 4 is 11.8 Å². The van der Waals surface area contributed by atoms with Crippen LogP contribution in [0.1, 0.15) is 5.56 Å². The zero-order valence-corrected chi connectivity index (χ0v) is 11.2. The predicted octanol–water partition coefficient (Wildman–Crippen LogP) is 1.71. The van der Waals surface area contributed by atoms with Gasteiger partial charge in [0.1, 0.15) is 5.82 Å². The van der Waals surface area contributed by atoms with Crippen molar-refractivity contribution < 1.29 is 4.39 Å². The molecular formula is C13H16FN5. The van der Waals surface area contributed by atoms with Crippen LogP contribution in [0.15, 0.2) is 30.6 Å². The molecule has 100 valence electrons. The molecule has 0 bridgehead atoms. The third-order valence-corrected chi connectivity index (χ3v) is 2.60. The molecule has 2 heterocycles. The second-order valence-corrected chi connectivity index (χ2v) is 4.46. The molecule has 0 saturated carbocycles. The number of aromatic nitrogens is 3. The standard InChI is InChI=1S/C13H16FN5/c1-18(2)13-15-7-10(8-16-13)9-19(3)12-6-4-5-11(14)17-12/h4-8H,9H2,1-3H3. The van der Waals surface area contributed by atoms with Crippen LogP contribution in [-0.2, 0) is 6.54 Å². The average molecular weight is 261 g/mol. The summed E-state index contributed by atoms with van der Waals surface area (Å²) in [7, 11) is 5.62. The molecule has 0 saturated heterocycles. The molecule has 5 nitrogen and oxygen atoms in total. The third kappa shape index (κ3) is 3.37. The van der Waals surface area contributed by atoms with E-state index in [-0.39, 0.29) is 0 Å². The Balaban J connectivity index is 2.08. The fourth-order valence-corrected chi connectivity index (χ4v) is 1.63. The van der Waals surface area contributed by atoms with Crippen LogP contribution in [0.5, 0.6) is 0 Å². The number of anilines is 2. The van der Waals surface area contributed by atoms with Gasteiger partial charge in [-0.2, -0.15) is 4.39 Å². The maximum atomic E-state index is 13.0. The van der Waals surface area contributed by atoms with Gasteiger partial charge in [-0.05, 0) is 12.1 Å². The Morgan fingerprint density at radius 1 is 1.11 bits per heavy atom. The van der Waals surface area contributed by atoms with Gasteiger partial charge in [-0.25, -0.2) is 15.0 Å². The lowest BCUT2D eigenvalue weighted by Crippen LogP contribution is -2.19. The van der Waals surface area contributed by atoms with Gasteiger partial charge in [0.05, 0.1) is 0 Å². The third-order valence-electron chi connectivity index (χ3n) is 2.60. The van der Waals surface area contributed by atoms with E-state index in [1.165, 1.54) is 6.07 Å². The van der Waals surface area contributed by atoms with E-state index in [1.54, 1.807) is 24.5 Å². The van der Waals surface area contributed by atoms with E-state index in [2.05, 4.69) is 15.0 Å². The first-order chi connectivity index (χ1) is 9.06. The minimum atomic E-state index is -0.483. The summed E-state index contributed by atoms with van der Waals surface area (Å²) in [6.45, 7) is 0.574. The maximum absolute atomic E-state index is 13.0. The molecule has 0 spiro atoms. The summed E-state index contributed by atoms with van der Waals surface area (Å²) < 4.78 is 13.0. The molecule has 19 heavy (non-hydrogen) atoms. The van der Waals surface area contributed by atoms with Crippen molar-refractivity contribution in [2.75, 3.05) is 30.9 Å². The van der Waals surface area contributed by atoms with Crippen molar-refractivity contribution in [3.05, 3.63) is 42.1 Å². The lowest BCUT2D eigenvalue weighted by Gasteiger charge is -2.18. The molecule has 0 aromatic carbocycles. The zero-order chi connectivity index (χ0) is 13.8. The van der Waals surface area contributed by atoms with Crippen LogP contribution in [-0.4, -0.2) is 36.1 Å². The predicted molar refractivity (Wildman–Crippen MR) is 72.7 cm³/mol. The van der Waals surface area contributed by atoms with Crippen molar-refractivity contribution in [1.82, 2.24) is 15.0 Å². The molecule has 2 aromatic rings. The molecule has 0 aliphatic rings. The van der Waals surface area contributed by atoms with Crippen LogP contribution in [0.25, 0.3) is 0 Å². The summed E-state index contributed by atoms with van der Waals surface area (Å²) in [6, 6.07) is 4.73. The number of nitrogens with zero attached hydrogens (tertiary/aromatic N) is 5. The molecule has 0 fully saturated rings. The van der Waals surface area contributed by atoms with Gasteiger partial charge in [0, 0.05) is 45.6 Å². The van der Waals surface area contributed by atoms with E-state index >= 15 is 0 Å². The highest BCUT2D eigenvalue weighted by Crippen LogP contribution is 2.12. The molecule has 0 aliphatic carbocycles. The number of hydrogen-bond donors (Lipinski definition) is 0. The second kappa shape index (κ2) is 5.60. The fraction of sp³-hybridized carbons (Fsp3) is 0.308. The summed E-state index contributed by atoms with van der Waals surface area (Å²) in [5.74, 6) is 0.760. The van der Waals surface area contributed by atoms with Crippen LogP contribution < -0.4 is 9.80 Å². The Bertz CT molecular complexity index is 541. The molecule has 2 rings (SSSR count). The van der Waals surface area contributed by atoms with E-state index in [9.17, 15) is 4.39 Å². The van der Waals surface area contributed by atoms with Gasteiger partial charge >= 0.3 is 0 Å². The van der Waals surface area contributed by atoms with Gasteiger partial charge in [-0.3, -0.25) is 0 Å². The smallest absolute Gasteiger partial charge is 0.224 e. The minimum absolute atomic E-state index is 0.483. The first-order valence-electron chi connectivity index (χ1n) is 5.88. The topological polar surface area (TPSA) is 45.2 Å². The lowest BCUT2D eigenvalue weighted by molar-refractivity contribution is 0.582. The Kier molecular flexibility index (Phi) is 3.89. The van der Waals surface area contributed by atoms with Crippen LogP contribution in [0.2, 0.25) is 0 Å². The SMILES string of the molecule is CN(C)c1ncc(CN(C)c2cccc(F)n2)cn1. The largest absolute Gasteiger partial charge is 0.355 e. The number of rotatable bonds is 4. The second-order valence-electron chi connectivity index (χ2n) is 4.46. The monoisotopic (exact) mass is 261 g/mol. The van der Waals surface area contributed by atoms with Gasteiger partial charge in [-0.1, -0.05) is 6.07 Å². The van der Waals surface area contributed by atoms with Crippen molar-refractivity contribution in [2.24, 2.45) is 0 Å². The number of halogens is 1. The highest BCUT2D eigenvalue weighted by Gasteiger charge is 2.06. The van der Waals surface area contributed by atoms with E-state index < -0.39 is 5.95 Å². The van der Waals surface area contributed by atoms with E-state index in [1.807, 2.05) is 30.9 Å². The average Bonchev–Trinajstić information content (AvgIpc) is 2.39. The molecule has 0 amide bonds. The Morgan fingerprint density at radius 2 is 1.79 bits per heavy atom. The van der Waals surface area contributed by atoms with Crippen molar-refractivity contribution in [2.45, 2.75) is 6.54 Å². The first-order valence-corrected chi connectivity index (χ1v) is 5.88. The number of pyridine rings is 1. The maximum Gasteiger partial charge on any atom is 0.224 e. The summed E-state index contributed by atoms with van der Waals surface area (Å²) >= 11 is 0. The van der Waals surface area contributed by atoms with Gasteiger partial charge in [0.15, 0.2) is 0 Å². The molecule has 0 N–H and O–H groups in total. The summed E-state index contributed by atoms with van der Waals surface area (Å²) in [4.78, 5) is 16.0. The van der Waals surface area contributed by atoms with Crippen molar-refractivity contribution in [1.29, 1.82) is 0 Å². The molecule has 0 unspecified atom stereocenters. The van der Waals surface area contributed by atoms with Crippen LogP contribution >= 0.6 is 0 Å². The fourth-order valence-electron chi connectivity index (χ4n) is 1.63. The van der Waals surface area contributed by atoms with E-state index in [0.717, 1.165) is 5.56 Å². The van der Waals surface area contributed by atoms with E-state index in [0.29, 0.717) is 18.3 Å². The Labute approximate surface area is 111 Å². The van der Waals surface area contributed by atoms with Crippen LogP contribution in [0.3, 0.4) is 0 Å². The molecule has 0 radical (unpaired) electrons. The lowest BCUT2D eigenvalue weighted by atomic mass is 10.3. The van der Waals surface area contributed by atoms with Gasteiger partial charge < -0.3 is 9.80 Å². The molecule has 0 aliphatic heterocycles. The van der Waals surface area contributed by atoms with Crippen LogP contribution in [0.4, 0.5) is 16.2 Å². The Morgan fingerprint density at radius 3 is 2.37 bits per heavy atom. The van der Waals surface area contributed by atoms with E-state index in [4.69, 9.17) is 0 Å². The van der Waals surface area contributed by atoms with Gasteiger partial charge in [0.25, 0.3) is 0 Å². The summed E-state index contributed by atoms with van der Waals surface area (Å²) in [5, 5.41) is 0. The molecule has 6 heteroatoms. The van der Waals surface area contributed by atoms with Crippen LogP contribution in [0, 0.1) is 5.95 Å². The molecule has 0 atom stereocenters. The highest BCUT2D eigenvalue weighted by atomic mass is 19.1. The van der Waals surface area contributed by atoms with Gasteiger partial charge in [0.2, 0.25) is 11.9 Å². The van der Waals surface area contributed by atoms with Crippen molar-refractivity contribution in [3.8, 4) is 0 Å². The quantitative estimate of drug-likeness (QED) is 0.784. The Hall–Kier alpha value is -2.24. The summed E-state index contributed by atoms with van der Waals surface area (Å²) in [6.07, 6.45) is 3.52. The first kappa shape index (κ1) is 13.2. The summed E-state index contributed by atoms with van der Waals surface area (Å²) in [5.41, 5.74) is 0.944. The van der Waals surface area contributed by atoms with Gasteiger partial charge in [-0.15, -0.1) is 0 Å². The minimum Gasteiger partial charge on any atom is -0.355 e. The normalized spacial score (nSPS) is 10.3.